The van der Waals surface area contributed by atoms with Crippen molar-refractivity contribution in [2.75, 3.05) is 20.1 Å². The number of carboxylic acids is 1. The van der Waals surface area contributed by atoms with Crippen LogP contribution < -0.4 is 0 Å². The van der Waals surface area contributed by atoms with E-state index in [1.54, 1.807) is 37.5 Å². The Labute approximate surface area is 217 Å². The molecule has 0 unspecified atom stereocenters. The van der Waals surface area contributed by atoms with Gasteiger partial charge in [-0.1, -0.05) is 6.07 Å². The van der Waals surface area contributed by atoms with Gasteiger partial charge in [0.05, 0.1) is 22.6 Å². The molecule has 0 atom stereocenters. The van der Waals surface area contributed by atoms with Crippen LogP contribution in [0.3, 0.4) is 0 Å². The number of imidazole rings is 1. The van der Waals surface area contributed by atoms with Crippen molar-refractivity contribution < 1.29 is 41.4 Å². The molecule has 1 fully saturated rings. The molecule has 206 valence electrons. The molecule has 0 radical (unpaired) electrons. The normalized spacial score (nSPS) is 14.6. The molecule has 0 spiro atoms. The molecule has 1 aliphatic rings. The summed E-state index contributed by atoms with van der Waals surface area (Å²) in [6.07, 6.45) is -6.52. The first-order chi connectivity index (χ1) is 18.1. The number of likely N-dealkylation sites (N-methyl/N-ethyl adjacent to an activating group) is 1. The van der Waals surface area contributed by atoms with Crippen molar-refractivity contribution in [1.82, 2.24) is 24.5 Å². The molecule has 1 saturated heterocycles. The predicted octanol–water partition coefficient (Wildman–Crippen LogP) is 5.15. The molecule has 0 saturated carbocycles. The highest BCUT2D eigenvalue weighted by Crippen LogP contribution is 2.37. The summed E-state index contributed by atoms with van der Waals surface area (Å²) in [5.41, 5.74) is 2.17. The summed E-state index contributed by atoms with van der Waals surface area (Å²) in [6, 6.07) is 9.51. The van der Waals surface area contributed by atoms with Gasteiger partial charge in [-0.3, -0.25) is 0 Å². The lowest BCUT2D eigenvalue weighted by Crippen LogP contribution is -2.42. The lowest BCUT2D eigenvalue weighted by Gasteiger charge is -2.35. The van der Waals surface area contributed by atoms with Crippen LogP contribution in [0.2, 0.25) is 0 Å². The molecular formula is C25H21F6N5O3. The number of nitrogens with zero attached hydrogens (tertiary/aromatic N) is 5. The van der Waals surface area contributed by atoms with Crippen molar-refractivity contribution in [1.29, 1.82) is 0 Å². The van der Waals surface area contributed by atoms with Gasteiger partial charge in [-0.2, -0.15) is 36.5 Å². The number of carbonyl (C=O) groups is 1. The van der Waals surface area contributed by atoms with Gasteiger partial charge in [-0.05, 0) is 55.4 Å². The molecule has 2 N–H and O–H groups in total. The Morgan fingerprint density at radius 3 is 2.15 bits per heavy atom. The Balaban J connectivity index is 0.000000448. The average Bonchev–Trinajstić information content (AvgIpc) is 3.20. The van der Waals surface area contributed by atoms with E-state index >= 15 is 0 Å². The SMILES string of the molecule is Cc1cn2cc(-c3ccc(-c4ccc(C5CN(C)C5)nn4)c(O)c3)cc(C(F)(F)F)c2n1.O=C(O)C(F)(F)F. The maximum Gasteiger partial charge on any atom is 0.490 e. The van der Waals surface area contributed by atoms with Crippen LogP contribution in [-0.2, 0) is 11.0 Å². The number of aryl methyl sites for hydroxylation is 1. The van der Waals surface area contributed by atoms with Gasteiger partial charge < -0.3 is 19.5 Å². The van der Waals surface area contributed by atoms with Crippen molar-refractivity contribution in [2.24, 2.45) is 0 Å². The molecule has 4 heterocycles. The van der Waals surface area contributed by atoms with Gasteiger partial charge in [0.2, 0.25) is 0 Å². The van der Waals surface area contributed by atoms with Gasteiger partial charge in [0.1, 0.15) is 11.4 Å². The monoisotopic (exact) mass is 553 g/mol. The number of hydrogen-bond donors (Lipinski definition) is 2. The number of aliphatic carboxylic acids is 1. The van der Waals surface area contributed by atoms with E-state index in [1.165, 1.54) is 10.5 Å². The van der Waals surface area contributed by atoms with Gasteiger partial charge in [0.25, 0.3) is 0 Å². The first-order valence-electron chi connectivity index (χ1n) is 11.4. The molecule has 14 heteroatoms. The van der Waals surface area contributed by atoms with Crippen LogP contribution in [0, 0.1) is 6.92 Å². The number of phenolic OH excluding ortho intramolecular Hbond substituents is 1. The number of aromatic hydroxyl groups is 1. The summed E-state index contributed by atoms with van der Waals surface area (Å²) in [5.74, 6) is -2.47. The number of likely N-dealkylation sites (tertiary alicyclic amines) is 1. The number of pyridine rings is 1. The number of aromatic nitrogens is 4. The Bertz CT molecular complexity index is 1510. The minimum atomic E-state index is -5.08. The number of rotatable bonds is 3. The third kappa shape index (κ3) is 6.11. The Morgan fingerprint density at radius 1 is 0.974 bits per heavy atom. The van der Waals surface area contributed by atoms with Gasteiger partial charge in [-0.25, -0.2) is 9.78 Å². The van der Waals surface area contributed by atoms with E-state index in [4.69, 9.17) is 9.90 Å². The highest BCUT2D eigenvalue weighted by molar-refractivity contribution is 5.75. The molecule has 4 aromatic rings. The van der Waals surface area contributed by atoms with E-state index in [-0.39, 0.29) is 11.4 Å². The largest absolute Gasteiger partial charge is 0.507 e. The fourth-order valence-corrected chi connectivity index (χ4v) is 4.11. The third-order valence-electron chi connectivity index (χ3n) is 5.99. The Morgan fingerprint density at radius 2 is 1.64 bits per heavy atom. The molecule has 1 aromatic carbocycles. The fraction of sp³-hybridized carbons (Fsp3) is 0.280. The van der Waals surface area contributed by atoms with E-state index in [9.17, 15) is 31.4 Å². The van der Waals surface area contributed by atoms with Crippen LogP contribution in [0.5, 0.6) is 5.75 Å². The van der Waals surface area contributed by atoms with E-state index < -0.39 is 23.9 Å². The number of benzene rings is 1. The van der Waals surface area contributed by atoms with E-state index in [1.807, 2.05) is 13.1 Å². The fourth-order valence-electron chi connectivity index (χ4n) is 4.11. The van der Waals surface area contributed by atoms with Crippen molar-refractivity contribution in [3.63, 3.8) is 0 Å². The second-order valence-electron chi connectivity index (χ2n) is 9.05. The second-order valence-corrected chi connectivity index (χ2v) is 9.05. The highest BCUT2D eigenvalue weighted by atomic mass is 19.4. The summed E-state index contributed by atoms with van der Waals surface area (Å²) in [6.45, 7) is 3.52. The molecule has 0 amide bonds. The molecule has 1 aliphatic heterocycles. The van der Waals surface area contributed by atoms with Crippen LogP contribution in [-0.4, -0.2) is 67.0 Å². The minimum Gasteiger partial charge on any atom is -0.507 e. The third-order valence-corrected chi connectivity index (χ3v) is 5.99. The summed E-state index contributed by atoms with van der Waals surface area (Å²) in [5, 5.41) is 26.3. The first kappa shape index (κ1) is 27.8. The van der Waals surface area contributed by atoms with E-state index in [2.05, 4.69) is 20.1 Å². The lowest BCUT2D eigenvalue weighted by molar-refractivity contribution is -0.192. The molecule has 39 heavy (non-hydrogen) atoms. The Kier molecular flexibility index (Phi) is 7.25. The Hall–Kier alpha value is -4.20. The van der Waals surface area contributed by atoms with Gasteiger partial charge in [-0.15, -0.1) is 0 Å². The lowest BCUT2D eigenvalue weighted by atomic mass is 9.96. The summed E-state index contributed by atoms with van der Waals surface area (Å²) in [4.78, 5) is 15.1. The van der Waals surface area contributed by atoms with Gasteiger partial charge >= 0.3 is 18.3 Å². The number of phenols is 1. The quantitative estimate of drug-likeness (QED) is 0.338. The van der Waals surface area contributed by atoms with Crippen LogP contribution in [0.15, 0.2) is 48.8 Å². The first-order valence-corrected chi connectivity index (χ1v) is 11.4. The van der Waals surface area contributed by atoms with Gasteiger partial charge in [0, 0.05) is 37.0 Å². The van der Waals surface area contributed by atoms with Crippen molar-refractivity contribution in [3.8, 4) is 28.1 Å². The highest BCUT2D eigenvalue weighted by Gasteiger charge is 2.38. The van der Waals surface area contributed by atoms with Crippen LogP contribution >= 0.6 is 0 Å². The van der Waals surface area contributed by atoms with Crippen LogP contribution in [0.1, 0.15) is 22.9 Å². The predicted molar refractivity (Wildman–Crippen MR) is 127 cm³/mol. The molecule has 0 bridgehead atoms. The van der Waals surface area contributed by atoms with Crippen LogP contribution in [0.25, 0.3) is 28.0 Å². The van der Waals surface area contributed by atoms with Crippen molar-refractivity contribution in [2.45, 2.75) is 25.2 Å². The smallest absolute Gasteiger partial charge is 0.490 e. The summed E-state index contributed by atoms with van der Waals surface area (Å²) >= 11 is 0. The zero-order chi connectivity index (χ0) is 28.7. The number of halogens is 6. The van der Waals surface area contributed by atoms with Gasteiger partial charge in [0.15, 0.2) is 0 Å². The van der Waals surface area contributed by atoms with E-state index in [0.29, 0.717) is 34.0 Å². The minimum absolute atomic E-state index is 0.0802. The van der Waals surface area contributed by atoms with Crippen molar-refractivity contribution >= 4 is 11.6 Å². The maximum atomic E-state index is 13.6. The van der Waals surface area contributed by atoms with Crippen LogP contribution in [0.4, 0.5) is 26.3 Å². The number of fused-ring (bicyclic) bond motifs is 1. The molecule has 0 aliphatic carbocycles. The average molecular weight is 553 g/mol. The maximum absolute atomic E-state index is 13.6. The molecule has 5 rings (SSSR count). The molecule has 8 nitrogen and oxygen atoms in total. The van der Waals surface area contributed by atoms with E-state index in [0.717, 1.165) is 24.8 Å². The molecular weight excluding hydrogens is 532 g/mol. The summed E-state index contributed by atoms with van der Waals surface area (Å²) < 4.78 is 73.9. The zero-order valence-corrected chi connectivity index (χ0v) is 20.4. The topological polar surface area (TPSA) is 104 Å². The summed E-state index contributed by atoms with van der Waals surface area (Å²) in [7, 11) is 2.04. The zero-order valence-electron chi connectivity index (χ0n) is 20.4. The number of alkyl halides is 6. The number of carboxylic acid groups (broad SMARTS) is 1. The molecule has 3 aromatic heterocycles. The number of hydrogen-bond acceptors (Lipinski definition) is 6. The van der Waals surface area contributed by atoms with Crippen molar-refractivity contribution in [3.05, 3.63) is 65.7 Å². The standard InChI is InChI=1S/C23H20F3N5O.C2HF3O2/c1-13-9-31-12-15(7-18(22(31)27-13)23(24,25)26)14-3-4-17(21(32)8-14)20-6-5-19(28-29-20)16-10-30(2)11-16;3-2(4,5)1(6)7/h3-9,12,16,32H,10-11H2,1-2H3;(H,6,7). The second kappa shape index (κ2) is 10.2.